The third-order valence-corrected chi connectivity index (χ3v) is 8.71. The van der Waals surface area contributed by atoms with Crippen molar-refractivity contribution in [2.45, 2.75) is 43.3 Å². The standard InChI is InChI=1S/C35H33Cl2N3O3S/c1-4-32(35(43)38-25-18-16-23(17-19-25)22(2)3)44-27-13-8-12-26(20-27)39-34(42)31(21-28-29(36)14-9-15-30(28)37)40-33(41)24-10-6-5-7-11-24/h5-22,32H,4H2,1-3H3,(H,38,43)(H,39,42)(H,40,41)/b31-21+. The monoisotopic (exact) mass is 645 g/mol. The maximum Gasteiger partial charge on any atom is 0.272 e. The van der Waals surface area contributed by atoms with Crippen LogP contribution in [0, 0.1) is 0 Å². The van der Waals surface area contributed by atoms with Crippen LogP contribution in [0.1, 0.15) is 54.6 Å². The molecule has 4 aromatic rings. The summed E-state index contributed by atoms with van der Waals surface area (Å²) in [5.74, 6) is -0.723. The number of anilines is 2. The summed E-state index contributed by atoms with van der Waals surface area (Å²) in [7, 11) is 0. The zero-order valence-corrected chi connectivity index (χ0v) is 26.9. The van der Waals surface area contributed by atoms with Crippen LogP contribution in [0.3, 0.4) is 0 Å². The van der Waals surface area contributed by atoms with Crippen molar-refractivity contribution in [3.63, 3.8) is 0 Å². The van der Waals surface area contributed by atoms with E-state index in [1.54, 1.807) is 66.7 Å². The van der Waals surface area contributed by atoms with Crippen LogP contribution in [0.25, 0.3) is 6.08 Å². The van der Waals surface area contributed by atoms with E-state index in [1.807, 2.05) is 37.3 Å². The largest absolute Gasteiger partial charge is 0.325 e. The Balaban J connectivity index is 1.51. The number of halogens is 2. The number of carbonyl (C=O) groups excluding carboxylic acids is 3. The van der Waals surface area contributed by atoms with E-state index in [0.29, 0.717) is 39.2 Å². The summed E-state index contributed by atoms with van der Waals surface area (Å²) in [4.78, 5) is 40.4. The topological polar surface area (TPSA) is 87.3 Å². The van der Waals surface area contributed by atoms with Gasteiger partial charge in [0.25, 0.3) is 11.8 Å². The van der Waals surface area contributed by atoms with E-state index in [0.717, 1.165) is 10.6 Å². The first kappa shape index (κ1) is 32.9. The summed E-state index contributed by atoms with van der Waals surface area (Å²) in [5, 5.41) is 8.86. The lowest BCUT2D eigenvalue weighted by molar-refractivity contribution is -0.116. The minimum Gasteiger partial charge on any atom is -0.325 e. The normalized spacial score (nSPS) is 12.0. The van der Waals surface area contributed by atoms with Gasteiger partial charge in [-0.05, 0) is 78.6 Å². The lowest BCUT2D eigenvalue weighted by Gasteiger charge is -2.16. The van der Waals surface area contributed by atoms with E-state index in [9.17, 15) is 14.4 Å². The molecule has 6 nitrogen and oxygen atoms in total. The predicted octanol–water partition coefficient (Wildman–Crippen LogP) is 9.04. The molecule has 44 heavy (non-hydrogen) atoms. The van der Waals surface area contributed by atoms with Crippen molar-refractivity contribution in [3.8, 4) is 0 Å². The van der Waals surface area contributed by atoms with Crippen molar-refractivity contribution in [1.29, 1.82) is 0 Å². The van der Waals surface area contributed by atoms with E-state index in [2.05, 4.69) is 29.8 Å². The van der Waals surface area contributed by atoms with E-state index >= 15 is 0 Å². The van der Waals surface area contributed by atoms with E-state index < -0.39 is 11.8 Å². The Morgan fingerprint density at radius 2 is 1.45 bits per heavy atom. The molecular weight excluding hydrogens is 613 g/mol. The molecule has 4 rings (SSSR count). The average Bonchev–Trinajstić information content (AvgIpc) is 3.01. The molecule has 9 heteroatoms. The van der Waals surface area contributed by atoms with Crippen molar-refractivity contribution in [2.75, 3.05) is 10.6 Å². The van der Waals surface area contributed by atoms with Crippen molar-refractivity contribution in [2.24, 2.45) is 0 Å². The molecule has 0 heterocycles. The molecule has 0 saturated heterocycles. The Morgan fingerprint density at radius 3 is 2.09 bits per heavy atom. The first-order valence-electron chi connectivity index (χ1n) is 14.2. The van der Waals surface area contributed by atoms with Crippen molar-refractivity contribution in [3.05, 3.63) is 129 Å². The molecular formula is C35H33Cl2N3O3S. The SMILES string of the molecule is CCC(Sc1cccc(NC(=O)/C(=C\c2c(Cl)cccc2Cl)NC(=O)c2ccccc2)c1)C(=O)Nc1ccc(C(C)C)cc1. The maximum absolute atomic E-state index is 13.5. The molecule has 0 fully saturated rings. The van der Waals surface area contributed by atoms with Gasteiger partial charge in [0.15, 0.2) is 0 Å². The van der Waals surface area contributed by atoms with Gasteiger partial charge in [-0.2, -0.15) is 0 Å². The minimum absolute atomic E-state index is 0.0405. The summed E-state index contributed by atoms with van der Waals surface area (Å²) < 4.78 is 0. The highest BCUT2D eigenvalue weighted by atomic mass is 35.5. The van der Waals surface area contributed by atoms with Crippen LogP contribution in [-0.4, -0.2) is 23.0 Å². The van der Waals surface area contributed by atoms with Gasteiger partial charge in [0.1, 0.15) is 5.70 Å². The highest BCUT2D eigenvalue weighted by Crippen LogP contribution is 2.30. The Hall–Kier alpha value is -4.04. The summed E-state index contributed by atoms with van der Waals surface area (Å²) >= 11 is 14.1. The van der Waals surface area contributed by atoms with Gasteiger partial charge in [-0.25, -0.2) is 0 Å². The summed E-state index contributed by atoms with van der Waals surface area (Å²) in [6.07, 6.45) is 2.05. The number of benzene rings is 4. The number of amides is 3. The molecule has 0 aliphatic carbocycles. The molecule has 0 saturated carbocycles. The van der Waals surface area contributed by atoms with Crippen molar-refractivity contribution in [1.82, 2.24) is 5.32 Å². The van der Waals surface area contributed by atoms with Crippen molar-refractivity contribution < 1.29 is 14.4 Å². The average molecular weight is 647 g/mol. The van der Waals surface area contributed by atoms with Crippen molar-refractivity contribution >= 4 is 70.1 Å². The molecule has 0 radical (unpaired) electrons. The van der Waals surface area contributed by atoms with Gasteiger partial charge >= 0.3 is 0 Å². The fraction of sp³-hybridized carbons (Fsp3) is 0.171. The number of thioether (sulfide) groups is 1. The number of nitrogens with one attached hydrogen (secondary N) is 3. The Morgan fingerprint density at radius 1 is 0.795 bits per heavy atom. The lowest BCUT2D eigenvalue weighted by atomic mass is 10.0. The van der Waals surface area contributed by atoms with E-state index in [1.165, 1.54) is 23.4 Å². The van der Waals surface area contributed by atoms with Crippen LogP contribution in [0.15, 0.2) is 108 Å². The highest BCUT2D eigenvalue weighted by Gasteiger charge is 2.20. The van der Waals surface area contributed by atoms with Gasteiger partial charge in [-0.1, -0.05) is 86.4 Å². The van der Waals surface area contributed by atoms with Crippen LogP contribution in [-0.2, 0) is 9.59 Å². The van der Waals surface area contributed by atoms with Crippen LogP contribution in [0.2, 0.25) is 10.0 Å². The van der Waals surface area contributed by atoms with Gasteiger partial charge in [0.05, 0.1) is 5.25 Å². The first-order valence-corrected chi connectivity index (χ1v) is 15.8. The van der Waals surface area contributed by atoms with Gasteiger partial charge in [0, 0.05) is 37.4 Å². The molecule has 0 bridgehead atoms. The molecule has 4 aromatic carbocycles. The van der Waals surface area contributed by atoms with Crippen LogP contribution < -0.4 is 16.0 Å². The molecule has 0 aromatic heterocycles. The Labute approximate surface area is 272 Å². The van der Waals surface area contributed by atoms with Crippen LogP contribution in [0.5, 0.6) is 0 Å². The first-order chi connectivity index (χ1) is 21.1. The maximum atomic E-state index is 13.5. The van der Waals surface area contributed by atoms with E-state index in [4.69, 9.17) is 23.2 Å². The second kappa shape index (κ2) is 15.6. The molecule has 3 amide bonds. The molecule has 3 N–H and O–H groups in total. The fourth-order valence-electron chi connectivity index (χ4n) is 4.24. The Kier molecular flexibility index (Phi) is 11.7. The molecule has 0 aliphatic rings. The molecule has 0 spiro atoms. The zero-order valence-electron chi connectivity index (χ0n) is 24.6. The summed E-state index contributed by atoms with van der Waals surface area (Å²) in [5.41, 5.74) is 3.18. The number of hydrogen-bond donors (Lipinski definition) is 3. The molecule has 1 unspecified atom stereocenters. The zero-order chi connectivity index (χ0) is 31.6. The van der Waals surface area contributed by atoms with Crippen LogP contribution >= 0.6 is 35.0 Å². The van der Waals surface area contributed by atoms with Gasteiger partial charge in [-0.3, -0.25) is 14.4 Å². The number of rotatable bonds is 11. The van der Waals surface area contributed by atoms with Crippen LogP contribution in [0.4, 0.5) is 11.4 Å². The fourth-order valence-corrected chi connectivity index (χ4v) is 5.76. The lowest BCUT2D eigenvalue weighted by Crippen LogP contribution is -2.30. The Bertz CT molecular complexity index is 1640. The third-order valence-electron chi connectivity index (χ3n) is 6.70. The summed E-state index contributed by atoms with van der Waals surface area (Å²) in [6.45, 7) is 6.21. The smallest absolute Gasteiger partial charge is 0.272 e. The van der Waals surface area contributed by atoms with Gasteiger partial charge < -0.3 is 16.0 Å². The third kappa shape index (κ3) is 8.99. The van der Waals surface area contributed by atoms with Gasteiger partial charge in [-0.15, -0.1) is 11.8 Å². The number of hydrogen-bond acceptors (Lipinski definition) is 4. The summed E-state index contributed by atoms with van der Waals surface area (Å²) in [6, 6.07) is 28.6. The quantitative estimate of drug-likeness (QED) is 0.112. The highest BCUT2D eigenvalue weighted by molar-refractivity contribution is 8.00. The number of carbonyl (C=O) groups is 3. The second-order valence-electron chi connectivity index (χ2n) is 10.3. The molecule has 0 aliphatic heterocycles. The minimum atomic E-state index is -0.568. The predicted molar refractivity (Wildman–Crippen MR) is 183 cm³/mol. The van der Waals surface area contributed by atoms with E-state index in [-0.39, 0.29) is 16.9 Å². The second-order valence-corrected chi connectivity index (χ2v) is 12.4. The molecule has 226 valence electrons. The van der Waals surface area contributed by atoms with Gasteiger partial charge in [0.2, 0.25) is 5.91 Å². The molecule has 1 atom stereocenters.